The number of benzene rings is 2. The molecule has 0 fully saturated rings. The molecule has 2 aromatic carbocycles. The van der Waals surface area contributed by atoms with Crippen LogP contribution in [0.1, 0.15) is 44.3 Å². The van der Waals surface area contributed by atoms with Crippen LogP contribution in [0.25, 0.3) is 11.3 Å². The number of aromatic nitrogens is 2. The maximum absolute atomic E-state index is 13.9. The number of rotatable bonds is 10. The van der Waals surface area contributed by atoms with E-state index in [4.69, 9.17) is 0 Å². The molecule has 9 heteroatoms. The van der Waals surface area contributed by atoms with Crippen molar-refractivity contribution >= 4 is 17.4 Å². The Hall–Kier alpha value is -4.89. The first-order valence-corrected chi connectivity index (χ1v) is 13.1. The van der Waals surface area contributed by atoms with Gasteiger partial charge in [0.1, 0.15) is 11.5 Å². The van der Waals surface area contributed by atoms with Crippen molar-refractivity contribution in [1.82, 2.24) is 20.2 Å². The second-order valence-corrected chi connectivity index (χ2v) is 9.66. The van der Waals surface area contributed by atoms with Gasteiger partial charge in [-0.3, -0.25) is 19.4 Å². The van der Waals surface area contributed by atoms with E-state index in [0.717, 1.165) is 0 Å². The normalized spacial score (nSPS) is 11.5. The van der Waals surface area contributed by atoms with Gasteiger partial charge in [-0.25, -0.2) is 4.39 Å². The van der Waals surface area contributed by atoms with Crippen LogP contribution in [0.4, 0.5) is 10.1 Å². The van der Waals surface area contributed by atoms with Gasteiger partial charge in [0, 0.05) is 53.4 Å². The minimum absolute atomic E-state index is 0.0904. The number of nitrogens with zero attached hydrogens (tertiary/aromatic N) is 2. The van der Waals surface area contributed by atoms with Gasteiger partial charge >= 0.3 is 0 Å². The van der Waals surface area contributed by atoms with Gasteiger partial charge < -0.3 is 20.5 Å². The second kappa shape index (κ2) is 12.5. The number of anilines is 1. The van der Waals surface area contributed by atoms with Gasteiger partial charge in [-0.1, -0.05) is 18.7 Å². The molecule has 2 aromatic heterocycles. The summed E-state index contributed by atoms with van der Waals surface area (Å²) >= 11 is 0. The topological polar surface area (TPSA) is 105 Å². The van der Waals surface area contributed by atoms with Gasteiger partial charge in [-0.2, -0.15) is 0 Å². The molecule has 41 heavy (non-hydrogen) atoms. The molecule has 0 spiro atoms. The molecule has 0 aliphatic heterocycles. The highest BCUT2D eigenvalue weighted by Crippen LogP contribution is 2.27. The lowest BCUT2D eigenvalue weighted by atomic mass is 9.98. The van der Waals surface area contributed by atoms with E-state index in [9.17, 15) is 18.8 Å². The molecule has 3 N–H and O–H groups in total. The molecule has 8 nitrogen and oxygen atoms in total. The van der Waals surface area contributed by atoms with Crippen LogP contribution < -0.4 is 21.5 Å². The zero-order valence-corrected chi connectivity index (χ0v) is 23.4. The number of pyridine rings is 2. The highest BCUT2D eigenvalue weighted by molar-refractivity contribution is 6.08. The number of likely N-dealkylation sites (N-methyl/N-ethyl adjacent to an activating group) is 1. The molecule has 0 radical (unpaired) electrons. The summed E-state index contributed by atoms with van der Waals surface area (Å²) in [6.45, 7) is 7.89. The van der Waals surface area contributed by atoms with Crippen molar-refractivity contribution in [2.45, 2.75) is 26.4 Å². The fourth-order valence-electron chi connectivity index (χ4n) is 4.46. The predicted octanol–water partition coefficient (Wildman–Crippen LogP) is 4.53. The van der Waals surface area contributed by atoms with Crippen molar-refractivity contribution in [2.24, 2.45) is 0 Å². The first-order chi connectivity index (χ1) is 19.6. The number of hydrogen-bond donors (Lipinski definition) is 3. The summed E-state index contributed by atoms with van der Waals surface area (Å²) in [4.78, 5) is 43.7. The van der Waals surface area contributed by atoms with Crippen molar-refractivity contribution < 1.29 is 14.0 Å². The van der Waals surface area contributed by atoms with Gasteiger partial charge in [0.15, 0.2) is 5.78 Å². The van der Waals surface area contributed by atoms with Crippen LogP contribution in [-0.2, 0) is 6.54 Å². The number of carbonyl (C=O) groups excluding carboxylic acids is 2. The minimum atomic E-state index is -0.434. The average Bonchev–Trinajstić information content (AvgIpc) is 2.98. The van der Waals surface area contributed by atoms with E-state index in [-0.39, 0.29) is 29.8 Å². The summed E-state index contributed by atoms with van der Waals surface area (Å²) < 4.78 is 15.0. The van der Waals surface area contributed by atoms with E-state index in [1.165, 1.54) is 30.5 Å². The van der Waals surface area contributed by atoms with E-state index < -0.39 is 5.82 Å². The van der Waals surface area contributed by atoms with E-state index in [1.807, 2.05) is 26.0 Å². The maximum Gasteiger partial charge on any atom is 0.275 e. The molecule has 0 unspecified atom stereocenters. The van der Waals surface area contributed by atoms with Crippen LogP contribution in [0.3, 0.4) is 0 Å². The van der Waals surface area contributed by atoms with Gasteiger partial charge in [0.05, 0.1) is 12.2 Å². The lowest BCUT2D eigenvalue weighted by molar-refractivity contribution is 0.0961. The third-order valence-electron chi connectivity index (χ3n) is 7.01. The third-order valence-corrected chi connectivity index (χ3v) is 7.01. The number of ketones is 1. The molecule has 0 aliphatic rings. The maximum atomic E-state index is 13.9. The zero-order chi connectivity index (χ0) is 29.7. The number of halogens is 1. The molecular weight excluding hydrogens is 521 g/mol. The van der Waals surface area contributed by atoms with Gasteiger partial charge in [-0.15, -0.1) is 0 Å². The van der Waals surface area contributed by atoms with Crippen LogP contribution in [0.2, 0.25) is 0 Å². The Balaban J connectivity index is 1.82. The number of nitrogens with one attached hydrogen (secondary N) is 3. The zero-order valence-electron chi connectivity index (χ0n) is 23.4. The summed E-state index contributed by atoms with van der Waals surface area (Å²) in [5, 5.41) is 8.86. The van der Waals surface area contributed by atoms with Gasteiger partial charge in [-0.05, 0) is 80.6 Å². The molecule has 2 heterocycles. The van der Waals surface area contributed by atoms with Crippen molar-refractivity contribution in [1.29, 1.82) is 0 Å². The summed E-state index contributed by atoms with van der Waals surface area (Å²) in [6.07, 6.45) is 3.03. The average molecular weight is 554 g/mol. The smallest absolute Gasteiger partial charge is 0.275 e. The quantitative estimate of drug-likeness (QED) is 0.249. The summed E-state index contributed by atoms with van der Waals surface area (Å²) in [5.74, 6) is -0.977. The predicted molar refractivity (Wildman–Crippen MR) is 159 cm³/mol. The van der Waals surface area contributed by atoms with Crippen molar-refractivity contribution in [3.05, 3.63) is 129 Å². The molecule has 4 aromatic rings. The first-order valence-electron chi connectivity index (χ1n) is 13.1. The molecule has 0 saturated carbocycles. The Morgan fingerprint density at radius 2 is 1.76 bits per heavy atom. The van der Waals surface area contributed by atoms with Crippen molar-refractivity contribution in [3.8, 4) is 11.3 Å². The Labute approximate surface area is 238 Å². The van der Waals surface area contributed by atoms with Crippen LogP contribution in [0.5, 0.6) is 0 Å². The summed E-state index contributed by atoms with van der Waals surface area (Å²) in [6, 6.07) is 15.7. The molecule has 210 valence electrons. The van der Waals surface area contributed by atoms with E-state index in [0.29, 0.717) is 50.5 Å². The lowest BCUT2D eigenvalue weighted by Gasteiger charge is -2.20. The number of carbonyl (C=O) groups is 2. The Morgan fingerprint density at radius 1 is 1.02 bits per heavy atom. The van der Waals surface area contributed by atoms with E-state index in [1.54, 1.807) is 49.1 Å². The molecule has 0 aliphatic carbocycles. The Morgan fingerprint density at radius 3 is 2.44 bits per heavy atom. The SMILES string of the molecule is C=C(Nc1ccc(-c2cccc(C(=O)NC)c2C)n(Cc2cncc(C(=O)c3ccc(F)cc3)c2)c1=O)[C@H](C)NC. The largest absolute Gasteiger partial charge is 0.355 e. The standard InChI is InChI=1S/C32H32FN5O3/c1-19-26(7-6-8-27(19)31(40)35-5)29-14-13-28(37-21(3)20(2)34-4)32(41)38(29)18-22-15-24(17-36-16-22)30(39)23-9-11-25(33)12-10-23/h6-17,20,34,37H,3,18H2,1-2,4-5H3,(H,35,40)/t20-/m0/s1. The van der Waals surface area contributed by atoms with Crippen LogP contribution >= 0.6 is 0 Å². The first kappa shape index (κ1) is 29.1. The van der Waals surface area contributed by atoms with Crippen LogP contribution in [0.15, 0.2) is 90.1 Å². The third kappa shape index (κ3) is 6.31. The molecule has 4 rings (SSSR count). The Bertz CT molecular complexity index is 1680. The second-order valence-electron chi connectivity index (χ2n) is 9.66. The minimum Gasteiger partial charge on any atom is -0.355 e. The van der Waals surface area contributed by atoms with E-state index >= 15 is 0 Å². The van der Waals surface area contributed by atoms with Gasteiger partial charge in [0.25, 0.3) is 11.5 Å². The molecule has 0 saturated heterocycles. The van der Waals surface area contributed by atoms with Crippen LogP contribution in [-0.4, -0.2) is 41.4 Å². The Kier molecular flexibility index (Phi) is 8.89. The molecule has 0 bridgehead atoms. The molecule has 1 atom stereocenters. The van der Waals surface area contributed by atoms with E-state index in [2.05, 4.69) is 27.5 Å². The molecule has 1 amide bonds. The summed E-state index contributed by atoms with van der Waals surface area (Å²) in [7, 11) is 3.37. The fourth-order valence-corrected chi connectivity index (χ4v) is 4.46. The van der Waals surface area contributed by atoms with Crippen molar-refractivity contribution in [3.63, 3.8) is 0 Å². The van der Waals surface area contributed by atoms with Crippen molar-refractivity contribution in [2.75, 3.05) is 19.4 Å². The number of hydrogen-bond acceptors (Lipinski definition) is 6. The fraction of sp³-hybridized carbons (Fsp3) is 0.188. The molecular formula is C32H32FN5O3. The lowest BCUT2D eigenvalue weighted by Crippen LogP contribution is -2.30. The summed E-state index contributed by atoms with van der Waals surface area (Å²) in [5.41, 5.74) is 4.40. The monoisotopic (exact) mass is 553 g/mol. The number of amides is 1. The highest BCUT2D eigenvalue weighted by Gasteiger charge is 2.18. The van der Waals surface area contributed by atoms with Crippen LogP contribution in [0, 0.1) is 12.7 Å². The van der Waals surface area contributed by atoms with Gasteiger partial charge in [0.2, 0.25) is 0 Å². The highest BCUT2D eigenvalue weighted by atomic mass is 19.1.